The number of alkyl halides is 1. The van der Waals surface area contributed by atoms with Crippen molar-refractivity contribution in [3.8, 4) is 0 Å². The van der Waals surface area contributed by atoms with Gasteiger partial charge in [0.05, 0.1) is 6.10 Å². The van der Waals surface area contributed by atoms with E-state index in [1.807, 2.05) is 0 Å². The van der Waals surface area contributed by atoms with Crippen LogP contribution in [-0.4, -0.2) is 30.0 Å². The molecule has 0 radical (unpaired) electrons. The van der Waals surface area contributed by atoms with Crippen molar-refractivity contribution < 1.29 is 9.50 Å². The number of aliphatic hydroxyl groups excluding tert-OH is 1. The first-order valence-corrected chi connectivity index (χ1v) is 4.66. The van der Waals surface area contributed by atoms with Gasteiger partial charge in [0.25, 0.3) is 0 Å². The molecule has 2 bridgehead atoms. The summed E-state index contributed by atoms with van der Waals surface area (Å²) in [5.41, 5.74) is -1.04. The van der Waals surface area contributed by atoms with Gasteiger partial charge < -0.3 is 10.4 Å². The third-order valence-corrected chi connectivity index (χ3v) is 3.15. The summed E-state index contributed by atoms with van der Waals surface area (Å²) in [6, 6.07) is 0. The molecule has 2 unspecified atom stereocenters. The topological polar surface area (TPSA) is 32.3 Å². The number of nitrogens with one attached hydrogen (secondary N) is 1. The zero-order valence-electron chi connectivity index (χ0n) is 7.39. The highest BCUT2D eigenvalue weighted by molar-refractivity contribution is 4.97. The van der Waals surface area contributed by atoms with Crippen LogP contribution >= 0.6 is 0 Å². The summed E-state index contributed by atoms with van der Waals surface area (Å²) in [7, 11) is 0. The van der Waals surface area contributed by atoms with Gasteiger partial charge in [-0.2, -0.15) is 0 Å². The molecule has 1 saturated heterocycles. The normalized spacial score (nSPS) is 53.8. The van der Waals surface area contributed by atoms with Gasteiger partial charge in [-0.05, 0) is 19.8 Å². The fraction of sp³-hybridized carbons (Fsp3) is 1.00. The molecule has 70 valence electrons. The molecule has 0 aromatic carbocycles. The largest absolute Gasteiger partial charge is 0.392 e. The van der Waals surface area contributed by atoms with Crippen molar-refractivity contribution in [1.29, 1.82) is 0 Å². The van der Waals surface area contributed by atoms with Crippen molar-refractivity contribution in [2.45, 2.75) is 31.5 Å². The quantitative estimate of drug-likeness (QED) is 0.565. The van der Waals surface area contributed by atoms with E-state index in [0.717, 1.165) is 13.1 Å². The Kier molecular flexibility index (Phi) is 1.88. The molecular weight excluding hydrogens is 157 g/mol. The van der Waals surface area contributed by atoms with Crippen LogP contribution in [0.4, 0.5) is 4.39 Å². The van der Waals surface area contributed by atoms with E-state index in [9.17, 15) is 9.50 Å². The average molecular weight is 173 g/mol. The number of hydrogen-bond donors (Lipinski definition) is 2. The molecule has 0 amide bonds. The number of hydrogen-bond acceptors (Lipinski definition) is 2. The Morgan fingerprint density at radius 3 is 2.33 bits per heavy atom. The number of halogens is 1. The molecule has 1 aliphatic carbocycles. The first kappa shape index (κ1) is 8.45. The maximum absolute atomic E-state index is 13.6. The van der Waals surface area contributed by atoms with E-state index in [1.54, 1.807) is 6.92 Å². The maximum atomic E-state index is 13.6. The van der Waals surface area contributed by atoms with E-state index in [4.69, 9.17) is 0 Å². The second kappa shape index (κ2) is 2.67. The van der Waals surface area contributed by atoms with E-state index in [2.05, 4.69) is 5.32 Å². The van der Waals surface area contributed by atoms with Gasteiger partial charge in [-0.25, -0.2) is 4.39 Å². The zero-order chi connectivity index (χ0) is 8.77. The lowest BCUT2D eigenvalue weighted by molar-refractivity contribution is -0.0637. The Hall–Kier alpha value is -0.150. The molecule has 2 fully saturated rings. The minimum atomic E-state index is -1.04. The van der Waals surface area contributed by atoms with E-state index in [0.29, 0.717) is 12.8 Å². The smallest absolute Gasteiger partial charge is 0.109 e. The highest BCUT2D eigenvalue weighted by Gasteiger charge is 2.44. The molecule has 0 aromatic heterocycles. The Morgan fingerprint density at radius 1 is 1.33 bits per heavy atom. The molecule has 2 N–H and O–H groups in total. The van der Waals surface area contributed by atoms with Crippen molar-refractivity contribution in [2.75, 3.05) is 13.1 Å². The predicted molar refractivity (Wildman–Crippen MR) is 44.6 cm³/mol. The Morgan fingerprint density at radius 2 is 1.83 bits per heavy atom. The summed E-state index contributed by atoms with van der Waals surface area (Å²) < 4.78 is 13.6. The monoisotopic (exact) mass is 173 g/mol. The first-order valence-electron chi connectivity index (χ1n) is 4.66. The molecule has 2 rings (SSSR count). The van der Waals surface area contributed by atoms with E-state index < -0.39 is 5.67 Å². The summed E-state index contributed by atoms with van der Waals surface area (Å²) in [5, 5.41) is 12.9. The SMILES string of the molecule is CC1(F)CC2CNCC(C1)C2O. The molecule has 1 saturated carbocycles. The van der Waals surface area contributed by atoms with Gasteiger partial charge in [0, 0.05) is 24.9 Å². The fourth-order valence-corrected chi connectivity index (χ4v) is 2.64. The van der Waals surface area contributed by atoms with Crippen LogP contribution in [0, 0.1) is 11.8 Å². The minimum Gasteiger partial charge on any atom is -0.392 e. The summed E-state index contributed by atoms with van der Waals surface area (Å²) >= 11 is 0. The van der Waals surface area contributed by atoms with Gasteiger partial charge in [0.2, 0.25) is 0 Å². The van der Waals surface area contributed by atoms with E-state index in [-0.39, 0.29) is 17.9 Å². The lowest BCUT2D eigenvalue weighted by atomic mass is 9.70. The van der Waals surface area contributed by atoms with Gasteiger partial charge >= 0.3 is 0 Å². The third kappa shape index (κ3) is 1.36. The van der Waals surface area contributed by atoms with Crippen LogP contribution in [-0.2, 0) is 0 Å². The van der Waals surface area contributed by atoms with E-state index >= 15 is 0 Å². The van der Waals surface area contributed by atoms with Gasteiger partial charge in [-0.1, -0.05) is 0 Å². The highest BCUT2D eigenvalue weighted by atomic mass is 19.1. The van der Waals surface area contributed by atoms with Gasteiger partial charge in [-0.3, -0.25) is 0 Å². The van der Waals surface area contributed by atoms with E-state index in [1.165, 1.54) is 0 Å². The molecular formula is C9H16FNO. The third-order valence-electron chi connectivity index (χ3n) is 3.15. The Balaban J connectivity index is 2.12. The van der Waals surface area contributed by atoms with Crippen LogP contribution in [0.5, 0.6) is 0 Å². The van der Waals surface area contributed by atoms with Gasteiger partial charge in [-0.15, -0.1) is 0 Å². The van der Waals surface area contributed by atoms with Crippen LogP contribution in [0.2, 0.25) is 0 Å². The first-order chi connectivity index (χ1) is 5.58. The second-order valence-electron chi connectivity index (χ2n) is 4.49. The molecule has 2 aliphatic rings. The lowest BCUT2D eigenvalue weighted by Gasteiger charge is -2.45. The molecule has 3 heteroatoms. The maximum Gasteiger partial charge on any atom is 0.109 e. The average Bonchev–Trinajstić information content (AvgIpc) is 1.92. The lowest BCUT2D eigenvalue weighted by Crippen LogP contribution is -2.54. The van der Waals surface area contributed by atoms with Crippen LogP contribution in [0.3, 0.4) is 0 Å². The molecule has 0 aromatic rings. The molecule has 2 atom stereocenters. The van der Waals surface area contributed by atoms with Crippen molar-refractivity contribution in [2.24, 2.45) is 11.8 Å². The molecule has 2 nitrogen and oxygen atoms in total. The molecule has 1 heterocycles. The van der Waals surface area contributed by atoms with Crippen molar-refractivity contribution in [1.82, 2.24) is 5.32 Å². The predicted octanol–water partition coefficient (Wildman–Crippen LogP) is 0.705. The fourth-order valence-electron chi connectivity index (χ4n) is 2.64. The van der Waals surface area contributed by atoms with Crippen LogP contribution in [0.15, 0.2) is 0 Å². The number of piperidine rings is 1. The van der Waals surface area contributed by atoms with Crippen molar-refractivity contribution in [3.05, 3.63) is 0 Å². The number of fused-ring (bicyclic) bond motifs is 2. The second-order valence-corrected chi connectivity index (χ2v) is 4.49. The summed E-state index contributed by atoms with van der Waals surface area (Å²) in [6.07, 6.45) is 0.755. The standard InChI is InChI=1S/C9H16FNO/c1-9(10)2-6-4-11-5-7(3-9)8(6)12/h6-8,11-12H,2-5H2,1H3. The molecule has 1 aliphatic heterocycles. The summed E-state index contributed by atoms with van der Waals surface area (Å²) in [5.74, 6) is 0.264. The Labute approximate surface area is 72.2 Å². The van der Waals surface area contributed by atoms with Crippen molar-refractivity contribution in [3.63, 3.8) is 0 Å². The van der Waals surface area contributed by atoms with Gasteiger partial charge in [0.15, 0.2) is 0 Å². The van der Waals surface area contributed by atoms with Crippen LogP contribution in [0.25, 0.3) is 0 Å². The van der Waals surface area contributed by atoms with Crippen molar-refractivity contribution >= 4 is 0 Å². The summed E-state index contributed by atoms with van der Waals surface area (Å²) in [4.78, 5) is 0. The Bertz CT molecular complexity index is 167. The minimum absolute atomic E-state index is 0.132. The van der Waals surface area contributed by atoms with Crippen LogP contribution < -0.4 is 5.32 Å². The molecule has 12 heavy (non-hydrogen) atoms. The van der Waals surface area contributed by atoms with Crippen LogP contribution in [0.1, 0.15) is 19.8 Å². The number of rotatable bonds is 0. The zero-order valence-corrected chi connectivity index (χ0v) is 7.39. The van der Waals surface area contributed by atoms with Gasteiger partial charge in [0.1, 0.15) is 5.67 Å². The highest BCUT2D eigenvalue weighted by Crippen LogP contribution is 2.40. The molecule has 0 spiro atoms. The number of aliphatic hydroxyl groups is 1. The summed E-state index contributed by atoms with van der Waals surface area (Å²) in [6.45, 7) is 3.21.